The highest BCUT2D eigenvalue weighted by atomic mass is 16.8. The molecule has 0 heterocycles. The molecule has 4 aliphatic rings. The number of hydrogen-bond acceptors (Lipinski definition) is 16. The monoisotopic (exact) mass is 915 g/mol. The van der Waals surface area contributed by atoms with E-state index in [1.807, 2.05) is 32.1 Å². The number of aliphatic hydroxyl groups excluding tert-OH is 1. The Morgan fingerprint density at radius 3 is 2.03 bits per heavy atom. The Bertz CT molecular complexity index is 1820. The Balaban J connectivity index is 0.991. The Labute approximate surface area is 381 Å². The maximum absolute atomic E-state index is 13.5. The lowest BCUT2D eigenvalue weighted by Gasteiger charge is -2.59. The van der Waals surface area contributed by atoms with Crippen LogP contribution >= 0.6 is 0 Å². The van der Waals surface area contributed by atoms with Crippen LogP contribution in [-0.4, -0.2) is 102 Å². The lowest BCUT2D eigenvalue weighted by molar-refractivity contribution is -0.181. The fourth-order valence-electron chi connectivity index (χ4n) is 10.4. The van der Waals surface area contributed by atoms with Crippen LogP contribution in [0.5, 0.6) is 0 Å². The van der Waals surface area contributed by atoms with Crippen molar-refractivity contribution >= 4 is 47.5 Å². The fourth-order valence-corrected chi connectivity index (χ4v) is 10.4. The lowest BCUT2D eigenvalue weighted by Crippen LogP contribution is -2.61. The largest absolute Gasteiger partial charge is 0.511 e. The van der Waals surface area contributed by atoms with Gasteiger partial charge in [0.15, 0.2) is 12.4 Å². The van der Waals surface area contributed by atoms with Crippen molar-refractivity contribution in [3.63, 3.8) is 0 Å². The number of carbonyl (C=O) groups excluding carboxylic acids is 8. The van der Waals surface area contributed by atoms with Gasteiger partial charge >= 0.3 is 30.0 Å². The molecule has 4 N–H and O–H groups in total. The van der Waals surface area contributed by atoms with E-state index in [9.17, 15) is 48.6 Å². The van der Waals surface area contributed by atoms with Crippen LogP contribution < -0.4 is 5.73 Å². The van der Waals surface area contributed by atoms with Gasteiger partial charge in [0, 0.05) is 16.7 Å². The molecule has 0 spiro atoms. The summed E-state index contributed by atoms with van der Waals surface area (Å²) in [6.07, 6.45) is 12.5. The van der Waals surface area contributed by atoms with Crippen LogP contribution in [0.2, 0.25) is 0 Å². The number of hydrogen-bond donors (Lipinski definition) is 3. The summed E-state index contributed by atoms with van der Waals surface area (Å²) in [7, 11) is 0. The average molecular weight is 916 g/mol. The zero-order valence-corrected chi connectivity index (χ0v) is 38.4. The maximum atomic E-state index is 13.5. The molecule has 0 aliphatic heterocycles. The summed E-state index contributed by atoms with van der Waals surface area (Å²) in [5, 5.41) is 23.4. The minimum absolute atomic E-state index is 0.0341. The van der Waals surface area contributed by atoms with Crippen LogP contribution in [-0.2, 0) is 62.0 Å². The molecule has 65 heavy (non-hydrogen) atoms. The van der Waals surface area contributed by atoms with Crippen LogP contribution in [0.15, 0.2) is 36.0 Å². The molecule has 17 nitrogen and oxygen atoms in total. The van der Waals surface area contributed by atoms with Crippen LogP contribution in [0.25, 0.3) is 0 Å². The van der Waals surface area contributed by atoms with E-state index in [1.165, 1.54) is 0 Å². The number of nitrogens with two attached hydrogens (primary N) is 1. The van der Waals surface area contributed by atoms with Gasteiger partial charge in [0.1, 0.15) is 11.7 Å². The summed E-state index contributed by atoms with van der Waals surface area (Å²) < 4.78 is 30.3. The number of aliphatic hydroxyl groups is 2. The highest BCUT2D eigenvalue weighted by Gasteiger charge is 2.68. The normalized spacial score (nSPS) is 27.5. The maximum Gasteiger partial charge on any atom is 0.511 e. The number of ether oxygens (including phenoxy) is 6. The number of fused-ring (bicyclic) bond motifs is 5. The third kappa shape index (κ3) is 14.3. The Morgan fingerprint density at radius 2 is 1.43 bits per heavy atom. The van der Waals surface area contributed by atoms with E-state index >= 15 is 0 Å². The van der Waals surface area contributed by atoms with Gasteiger partial charge in [0.2, 0.25) is 18.5 Å². The minimum Gasteiger partial charge on any atom is -0.466 e. The Hall–Kier alpha value is -4.90. The summed E-state index contributed by atoms with van der Waals surface area (Å²) in [6.45, 7) is 6.55. The van der Waals surface area contributed by atoms with Crippen molar-refractivity contribution in [2.45, 2.75) is 155 Å². The predicted octanol–water partition coefficient (Wildman–Crippen LogP) is 5.60. The quantitative estimate of drug-likeness (QED) is 0.0314. The Morgan fingerprint density at radius 1 is 0.846 bits per heavy atom. The van der Waals surface area contributed by atoms with Crippen LogP contribution in [0, 0.1) is 34.5 Å². The Kier molecular flexibility index (Phi) is 19.9. The molecule has 0 aromatic heterocycles. The second-order valence-corrected chi connectivity index (χ2v) is 18.4. The number of amides is 1. The van der Waals surface area contributed by atoms with Gasteiger partial charge in [-0.1, -0.05) is 70.3 Å². The lowest BCUT2D eigenvalue weighted by atomic mass is 9.46. The third-order valence-electron chi connectivity index (χ3n) is 14.0. The van der Waals surface area contributed by atoms with Gasteiger partial charge in [-0.25, -0.2) is 4.79 Å². The number of carbonyl (C=O) groups is 8. The first-order chi connectivity index (χ1) is 30.8. The molecule has 17 heteroatoms. The summed E-state index contributed by atoms with van der Waals surface area (Å²) in [5.41, 5.74) is 3.10. The molecular weight excluding hydrogens is 847 g/mol. The van der Waals surface area contributed by atoms with Gasteiger partial charge < -0.3 is 44.4 Å². The number of ketones is 2. The highest BCUT2D eigenvalue weighted by Crippen LogP contribution is 2.67. The third-order valence-corrected chi connectivity index (χ3v) is 14.0. The van der Waals surface area contributed by atoms with Crippen molar-refractivity contribution in [2.24, 2.45) is 40.2 Å². The van der Waals surface area contributed by atoms with E-state index in [4.69, 9.17) is 34.2 Å². The first-order valence-electron chi connectivity index (χ1n) is 23.1. The summed E-state index contributed by atoms with van der Waals surface area (Å²) in [5.74, 6) is -4.32. The second-order valence-electron chi connectivity index (χ2n) is 18.4. The van der Waals surface area contributed by atoms with E-state index in [-0.39, 0.29) is 87.6 Å². The van der Waals surface area contributed by atoms with Crippen molar-refractivity contribution < 1.29 is 77.0 Å². The molecule has 3 saturated carbocycles. The van der Waals surface area contributed by atoms with Crippen molar-refractivity contribution in [3.8, 4) is 0 Å². The number of allylic oxidation sites excluding steroid dienone is 6. The highest BCUT2D eigenvalue weighted by molar-refractivity contribution is 6.01. The molecule has 0 aromatic rings. The second kappa shape index (κ2) is 24.6. The van der Waals surface area contributed by atoms with E-state index in [0.29, 0.717) is 32.1 Å². The summed E-state index contributed by atoms with van der Waals surface area (Å²) in [4.78, 5) is 97.7. The molecule has 362 valence electrons. The van der Waals surface area contributed by atoms with Gasteiger partial charge in [-0.2, -0.15) is 0 Å². The number of unbranched alkanes of at least 4 members (excludes halogenated alkanes) is 5. The molecular formula is C48H69NO16. The molecule has 0 aromatic carbocycles. The first kappa shape index (κ1) is 52.7. The van der Waals surface area contributed by atoms with Crippen LogP contribution in [0.3, 0.4) is 0 Å². The zero-order valence-electron chi connectivity index (χ0n) is 38.4. The van der Waals surface area contributed by atoms with Crippen LogP contribution in [0.1, 0.15) is 137 Å². The smallest absolute Gasteiger partial charge is 0.466 e. The molecule has 3 fully saturated rings. The summed E-state index contributed by atoms with van der Waals surface area (Å²) in [6, 6.07) is 0. The molecule has 9 atom stereocenters. The molecule has 4 rings (SSSR count). The number of rotatable bonds is 26. The fraction of sp³-hybridized carbons (Fsp3) is 0.708. The number of primary amides is 1. The molecule has 3 unspecified atom stereocenters. The average Bonchev–Trinajstić information content (AvgIpc) is 3.53. The molecule has 4 aliphatic carbocycles. The van der Waals surface area contributed by atoms with Gasteiger partial charge in [-0.05, 0) is 88.2 Å². The molecule has 0 saturated heterocycles. The van der Waals surface area contributed by atoms with Gasteiger partial charge in [0.05, 0.1) is 51.4 Å². The van der Waals surface area contributed by atoms with E-state index in [0.717, 1.165) is 37.7 Å². The number of Topliss-reactive ketones (excluding diaryl/α,β-unsaturated/α-hetero) is 1. The van der Waals surface area contributed by atoms with E-state index in [2.05, 4.69) is 6.92 Å². The van der Waals surface area contributed by atoms with Crippen molar-refractivity contribution in [1.29, 1.82) is 0 Å². The van der Waals surface area contributed by atoms with Crippen molar-refractivity contribution in [3.05, 3.63) is 36.0 Å². The van der Waals surface area contributed by atoms with Gasteiger partial charge in [-0.3, -0.25) is 33.6 Å². The van der Waals surface area contributed by atoms with E-state index < -0.39 is 83.8 Å². The first-order valence-corrected chi connectivity index (χ1v) is 23.1. The van der Waals surface area contributed by atoms with Gasteiger partial charge in [0.25, 0.3) is 0 Å². The molecule has 0 radical (unpaired) electrons. The van der Waals surface area contributed by atoms with E-state index in [1.54, 1.807) is 19.1 Å². The van der Waals surface area contributed by atoms with Gasteiger partial charge in [-0.15, -0.1) is 0 Å². The molecule has 1 amide bonds. The summed E-state index contributed by atoms with van der Waals surface area (Å²) >= 11 is 0. The number of esters is 4. The minimum atomic E-state index is -1.78. The predicted molar refractivity (Wildman–Crippen MR) is 232 cm³/mol. The SMILES string of the molecule is C/C=C/C[C@@H](C)[C@H](CC(N)=O)OC(=O)OCOC(=O)CCC(=O)OCCCCCCCCOC(=O)CCC(=O)OCC(=O)[C@@]1(O)CCC2C3CCC4=CC(=O)C=C[C@]4(C)C3[C@@H](O)C[C@@]21C. The topological polar surface area (TPSA) is 258 Å². The molecule has 0 bridgehead atoms. The standard InChI is InChI=1S/C48H69NO16/c1-5-6-13-31(2)37(27-39(49)53)65-45(58)64-30-63-43(57)19-17-41(55)61-25-12-10-8-7-9-11-24-60-40(54)16-18-42(56)62-29-38(52)48(59)23-21-35-34-15-14-32-26-33(50)20-22-46(32,3)44(34)36(51)28-47(35,48)4/h5-6,20,22,26,31,34-37,44,51,59H,7-19,21,23-25,27-30H2,1-4H3,(H2,49,53)/b6-5+/t31-,34?,35?,36+,37+,44?,46+,47+,48+/m1/s1. The van der Waals surface area contributed by atoms with Crippen molar-refractivity contribution in [1.82, 2.24) is 0 Å². The van der Waals surface area contributed by atoms with Crippen LogP contribution in [0.4, 0.5) is 4.79 Å². The zero-order chi connectivity index (χ0) is 47.8. The van der Waals surface area contributed by atoms with Crippen molar-refractivity contribution in [2.75, 3.05) is 26.6 Å².